The lowest BCUT2D eigenvalue weighted by atomic mass is 9.94. The van der Waals surface area contributed by atoms with E-state index in [4.69, 9.17) is 0 Å². The Kier molecular flexibility index (Phi) is 3.78. The minimum Gasteiger partial charge on any atom is -0.301 e. The van der Waals surface area contributed by atoms with Gasteiger partial charge in [-0.25, -0.2) is 0 Å². The van der Waals surface area contributed by atoms with Crippen molar-refractivity contribution >= 4 is 0 Å². The molecular formula is C12H25N. The van der Waals surface area contributed by atoms with Crippen molar-refractivity contribution in [3.05, 3.63) is 0 Å². The molecule has 0 aromatic heterocycles. The molecule has 1 rings (SSSR count). The van der Waals surface area contributed by atoms with Gasteiger partial charge >= 0.3 is 0 Å². The van der Waals surface area contributed by atoms with E-state index in [2.05, 4.69) is 39.6 Å². The molecule has 1 heteroatoms. The second-order valence-corrected chi connectivity index (χ2v) is 5.23. The van der Waals surface area contributed by atoms with Crippen molar-refractivity contribution in [3.8, 4) is 0 Å². The molecule has 1 nitrogen and oxygen atoms in total. The van der Waals surface area contributed by atoms with E-state index in [1.54, 1.807) is 0 Å². The molecule has 0 aromatic rings. The van der Waals surface area contributed by atoms with Crippen LogP contribution >= 0.6 is 0 Å². The minimum atomic E-state index is 0.705. The normalized spacial score (nSPS) is 29.5. The molecule has 0 radical (unpaired) electrons. The highest BCUT2D eigenvalue weighted by atomic mass is 15.2. The minimum absolute atomic E-state index is 0.705. The van der Waals surface area contributed by atoms with E-state index in [0.29, 0.717) is 6.04 Å². The zero-order valence-electron chi connectivity index (χ0n) is 9.88. The van der Waals surface area contributed by atoms with Crippen LogP contribution in [0.1, 0.15) is 47.0 Å². The molecule has 0 amide bonds. The lowest BCUT2D eigenvalue weighted by Gasteiger charge is -2.28. The predicted molar refractivity (Wildman–Crippen MR) is 58.9 cm³/mol. The zero-order chi connectivity index (χ0) is 10.0. The summed E-state index contributed by atoms with van der Waals surface area (Å²) in [6.45, 7) is 9.32. The monoisotopic (exact) mass is 183 g/mol. The van der Waals surface area contributed by atoms with Crippen LogP contribution in [0.4, 0.5) is 0 Å². The fraction of sp³-hybridized carbons (Fsp3) is 1.00. The summed E-state index contributed by atoms with van der Waals surface area (Å²) in [6.07, 6.45) is 4.28. The lowest BCUT2D eigenvalue weighted by molar-refractivity contribution is 0.190. The molecule has 0 spiro atoms. The van der Waals surface area contributed by atoms with E-state index in [1.807, 2.05) is 0 Å². The molecule has 0 heterocycles. The fourth-order valence-electron chi connectivity index (χ4n) is 2.39. The van der Waals surface area contributed by atoms with Gasteiger partial charge in [-0.15, -0.1) is 0 Å². The van der Waals surface area contributed by atoms with Gasteiger partial charge in [-0.2, -0.15) is 0 Å². The molecule has 1 aliphatic rings. The average Bonchev–Trinajstić information content (AvgIpc) is 2.50. The van der Waals surface area contributed by atoms with Gasteiger partial charge in [0, 0.05) is 12.1 Å². The maximum Gasteiger partial charge on any atom is 0.00977 e. The van der Waals surface area contributed by atoms with Crippen molar-refractivity contribution < 1.29 is 0 Å². The van der Waals surface area contributed by atoms with Gasteiger partial charge in [0.15, 0.2) is 0 Å². The highest BCUT2D eigenvalue weighted by Crippen LogP contribution is 2.34. The third-order valence-corrected chi connectivity index (χ3v) is 3.78. The van der Waals surface area contributed by atoms with Crippen LogP contribution < -0.4 is 0 Å². The molecule has 1 aliphatic carbocycles. The Morgan fingerprint density at radius 1 is 1.08 bits per heavy atom. The second-order valence-electron chi connectivity index (χ2n) is 5.23. The molecule has 1 saturated carbocycles. The van der Waals surface area contributed by atoms with Gasteiger partial charge in [-0.3, -0.25) is 0 Å². The molecule has 2 atom stereocenters. The van der Waals surface area contributed by atoms with Crippen molar-refractivity contribution in [1.82, 2.24) is 4.90 Å². The first-order valence-electron chi connectivity index (χ1n) is 5.74. The molecule has 2 unspecified atom stereocenters. The first-order valence-corrected chi connectivity index (χ1v) is 5.74. The van der Waals surface area contributed by atoms with Crippen molar-refractivity contribution in [2.75, 3.05) is 7.05 Å². The highest BCUT2D eigenvalue weighted by Gasteiger charge is 2.29. The maximum absolute atomic E-state index is 2.54. The van der Waals surface area contributed by atoms with E-state index in [1.165, 1.54) is 19.3 Å². The Labute approximate surface area is 83.5 Å². The summed E-state index contributed by atoms with van der Waals surface area (Å²) >= 11 is 0. The molecule has 78 valence electrons. The second kappa shape index (κ2) is 4.45. The van der Waals surface area contributed by atoms with Gasteiger partial charge in [-0.05, 0) is 52.0 Å². The zero-order valence-corrected chi connectivity index (χ0v) is 9.88. The summed E-state index contributed by atoms with van der Waals surface area (Å²) in [5, 5.41) is 0. The van der Waals surface area contributed by atoms with Crippen LogP contribution in [-0.2, 0) is 0 Å². The molecule has 0 aromatic carbocycles. The Morgan fingerprint density at radius 2 is 1.69 bits per heavy atom. The van der Waals surface area contributed by atoms with Crippen molar-refractivity contribution in [2.24, 2.45) is 11.8 Å². The van der Waals surface area contributed by atoms with Gasteiger partial charge in [0.2, 0.25) is 0 Å². The van der Waals surface area contributed by atoms with Gasteiger partial charge in [-0.1, -0.05) is 13.8 Å². The van der Waals surface area contributed by atoms with E-state index in [0.717, 1.165) is 17.9 Å². The summed E-state index contributed by atoms with van der Waals surface area (Å²) in [5.74, 6) is 1.86. The Balaban J connectivity index is 2.40. The summed E-state index contributed by atoms with van der Waals surface area (Å²) in [7, 11) is 2.28. The summed E-state index contributed by atoms with van der Waals surface area (Å²) in [6, 6.07) is 1.56. The van der Waals surface area contributed by atoms with Gasteiger partial charge < -0.3 is 4.90 Å². The molecule has 0 aliphatic heterocycles. The highest BCUT2D eigenvalue weighted by molar-refractivity contribution is 4.83. The molecule has 0 saturated heterocycles. The van der Waals surface area contributed by atoms with Crippen LogP contribution in [-0.4, -0.2) is 24.0 Å². The molecule has 0 bridgehead atoms. The van der Waals surface area contributed by atoms with Gasteiger partial charge in [0.05, 0.1) is 0 Å². The van der Waals surface area contributed by atoms with Crippen LogP contribution in [0, 0.1) is 11.8 Å². The number of nitrogens with zero attached hydrogens (tertiary/aromatic N) is 1. The molecule has 0 N–H and O–H groups in total. The Morgan fingerprint density at radius 3 is 2.08 bits per heavy atom. The fourth-order valence-corrected chi connectivity index (χ4v) is 2.39. The summed E-state index contributed by atoms with van der Waals surface area (Å²) in [5.41, 5.74) is 0. The largest absolute Gasteiger partial charge is 0.301 e. The maximum atomic E-state index is 2.54. The van der Waals surface area contributed by atoms with Gasteiger partial charge in [0.1, 0.15) is 0 Å². The third kappa shape index (κ3) is 2.70. The van der Waals surface area contributed by atoms with Crippen LogP contribution in [0.25, 0.3) is 0 Å². The first-order chi connectivity index (χ1) is 6.02. The van der Waals surface area contributed by atoms with E-state index < -0.39 is 0 Å². The molecule has 13 heavy (non-hydrogen) atoms. The smallest absolute Gasteiger partial charge is 0.00977 e. The van der Waals surface area contributed by atoms with E-state index >= 15 is 0 Å². The Hall–Kier alpha value is -0.0400. The number of hydrogen-bond acceptors (Lipinski definition) is 1. The summed E-state index contributed by atoms with van der Waals surface area (Å²) < 4.78 is 0. The molecular weight excluding hydrogens is 158 g/mol. The summed E-state index contributed by atoms with van der Waals surface area (Å²) in [4.78, 5) is 2.54. The molecule has 1 fully saturated rings. The van der Waals surface area contributed by atoms with Crippen LogP contribution in [0.3, 0.4) is 0 Å². The van der Waals surface area contributed by atoms with Crippen molar-refractivity contribution in [1.29, 1.82) is 0 Å². The van der Waals surface area contributed by atoms with Gasteiger partial charge in [0.25, 0.3) is 0 Å². The quantitative estimate of drug-likeness (QED) is 0.649. The van der Waals surface area contributed by atoms with Crippen LogP contribution in [0.5, 0.6) is 0 Å². The van der Waals surface area contributed by atoms with E-state index in [9.17, 15) is 0 Å². The number of hydrogen-bond donors (Lipinski definition) is 0. The van der Waals surface area contributed by atoms with Crippen molar-refractivity contribution in [3.63, 3.8) is 0 Å². The lowest BCUT2D eigenvalue weighted by Crippen LogP contribution is -2.35. The average molecular weight is 183 g/mol. The SMILES string of the molecule is CC(C)C1CCC(N(C)C(C)C)C1. The standard InChI is InChI=1S/C12H25N/c1-9(2)11-6-7-12(8-11)13(5)10(3)4/h9-12H,6-8H2,1-5H3. The topological polar surface area (TPSA) is 3.24 Å². The first kappa shape index (κ1) is 11.0. The Bertz CT molecular complexity index is 151. The van der Waals surface area contributed by atoms with Crippen molar-refractivity contribution in [2.45, 2.75) is 59.0 Å². The number of rotatable bonds is 3. The van der Waals surface area contributed by atoms with Crippen LogP contribution in [0.15, 0.2) is 0 Å². The third-order valence-electron chi connectivity index (χ3n) is 3.78. The van der Waals surface area contributed by atoms with Crippen LogP contribution in [0.2, 0.25) is 0 Å². The van der Waals surface area contributed by atoms with E-state index in [-0.39, 0.29) is 0 Å². The predicted octanol–water partition coefficient (Wildman–Crippen LogP) is 3.15.